The van der Waals surface area contributed by atoms with E-state index in [1.54, 1.807) is 0 Å². The van der Waals surface area contributed by atoms with Crippen LogP contribution in [0.1, 0.15) is 19.8 Å². The van der Waals surface area contributed by atoms with Crippen LogP contribution in [0.15, 0.2) is 0 Å². The first kappa shape index (κ1) is 12.8. The van der Waals surface area contributed by atoms with Gasteiger partial charge in [-0.2, -0.15) is 0 Å². The molecule has 0 saturated heterocycles. The van der Waals surface area contributed by atoms with Crippen LogP contribution in [-0.2, 0) is 0 Å². The third-order valence-corrected chi connectivity index (χ3v) is 1.91. The van der Waals surface area contributed by atoms with Crippen molar-refractivity contribution in [2.24, 2.45) is 0 Å². The van der Waals surface area contributed by atoms with Crippen LogP contribution in [0.25, 0.3) is 0 Å². The molecule has 5 nitrogen and oxygen atoms in total. The number of aliphatic hydroxyl groups is 5. The molecule has 4 atom stereocenters. The maximum absolute atomic E-state index is 9.25. The van der Waals surface area contributed by atoms with Gasteiger partial charge in [0.1, 0.15) is 18.3 Å². The van der Waals surface area contributed by atoms with Crippen molar-refractivity contribution in [3.63, 3.8) is 0 Å². The van der Waals surface area contributed by atoms with Gasteiger partial charge in [-0.05, 0) is 6.42 Å². The van der Waals surface area contributed by atoms with Gasteiger partial charge < -0.3 is 25.5 Å². The molecule has 0 aromatic carbocycles. The van der Waals surface area contributed by atoms with Gasteiger partial charge >= 0.3 is 0 Å². The van der Waals surface area contributed by atoms with Crippen molar-refractivity contribution < 1.29 is 25.5 Å². The molecule has 0 heterocycles. The maximum atomic E-state index is 9.25. The van der Waals surface area contributed by atoms with Crippen molar-refractivity contribution in [1.29, 1.82) is 0 Å². The first-order chi connectivity index (χ1) is 6.04. The fourth-order valence-electron chi connectivity index (χ4n) is 1.03. The molecule has 1 unspecified atom stereocenters. The van der Waals surface area contributed by atoms with Crippen molar-refractivity contribution in [1.82, 2.24) is 0 Å². The third-order valence-electron chi connectivity index (χ3n) is 1.91. The van der Waals surface area contributed by atoms with E-state index >= 15 is 0 Å². The van der Waals surface area contributed by atoms with Gasteiger partial charge in [-0.1, -0.05) is 13.3 Å². The molecule has 0 rings (SSSR count). The Morgan fingerprint density at radius 2 is 1.38 bits per heavy atom. The first-order valence-electron chi connectivity index (χ1n) is 4.37. The second-order valence-corrected chi connectivity index (χ2v) is 3.09. The van der Waals surface area contributed by atoms with Crippen molar-refractivity contribution in [3.05, 3.63) is 0 Å². The summed E-state index contributed by atoms with van der Waals surface area (Å²) in [4.78, 5) is 0. The lowest BCUT2D eigenvalue weighted by Gasteiger charge is -2.25. The molecule has 0 radical (unpaired) electrons. The Balaban J connectivity index is 3.99. The largest absolute Gasteiger partial charge is 0.394 e. The zero-order valence-electron chi connectivity index (χ0n) is 7.67. The summed E-state index contributed by atoms with van der Waals surface area (Å²) in [6, 6.07) is 0. The number of hydrogen-bond acceptors (Lipinski definition) is 5. The van der Waals surface area contributed by atoms with Gasteiger partial charge in [-0.25, -0.2) is 0 Å². The average molecular weight is 194 g/mol. The minimum atomic E-state index is -1.51. The van der Waals surface area contributed by atoms with Crippen LogP contribution in [0, 0.1) is 0 Å². The molecule has 0 fully saturated rings. The molecular formula is C8H18O5. The summed E-state index contributed by atoms with van der Waals surface area (Å²) in [6.07, 6.45) is -4.40. The predicted molar refractivity (Wildman–Crippen MR) is 46.0 cm³/mol. The highest BCUT2D eigenvalue weighted by atomic mass is 16.4. The second-order valence-electron chi connectivity index (χ2n) is 3.09. The molecule has 0 aliphatic carbocycles. The number of aliphatic hydroxyl groups excluding tert-OH is 5. The SMILES string of the molecule is CCCC(O)[C@H](O)[C@@H](O)[C@H](O)CO. The molecule has 5 heteroatoms. The molecule has 0 amide bonds. The molecule has 0 aromatic rings. The highest BCUT2D eigenvalue weighted by molar-refractivity contribution is 4.80. The molecule has 0 aliphatic rings. The van der Waals surface area contributed by atoms with Crippen LogP contribution >= 0.6 is 0 Å². The molecule has 0 aliphatic heterocycles. The Hall–Kier alpha value is -0.200. The van der Waals surface area contributed by atoms with Crippen LogP contribution in [0.4, 0.5) is 0 Å². The minimum Gasteiger partial charge on any atom is -0.394 e. The van der Waals surface area contributed by atoms with Crippen molar-refractivity contribution in [2.45, 2.75) is 44.2 Å². The van der Waals surface area contributed by atoms with E-state index in [1.807, 2.05) is 6.92 Å². The highest BCUT2D eigenvalue weighted by Gasteiger charge is 2.29. The van der Waals surface area contributed by atoms with Crippen LogP contribution < -0.4 is 0 Å². The van der Waals surface area contributed by atoms with E-state index in [1.165, 1.54) is 0 Å². The summed E-state index contributed by atoms with van der Waals surface area (Å²) in [5.74, 6) is 0. The molecule has 13 heavy (non-hydrogen) atoms. The van der Waals surface area contributed by atoms with Crippen LogP contribution in [0.3, 0.4) is 0 Å². The van der Waals surface area contributed by atoms with E-state index < -0.39 is 31.0 Å². The van der Waals surface area contributed by atoms with Crippen LogP contribution in [0.5, 0.6) is 0 Å². The first-order valence-corrected chi connectivity index (χ1v) is 4.37. The maximum Gasteiger partial charge on any atom is 0.110 e. The van der Waals surface area contributed by atoms with Gasteiger partial charge in [0.15, 0.2) is 0 Å². The average Bonchev–Trinajstić information content (AvgIpc) is 2.14. The Kier molecular flexibility index (Phi) is 6.19. The summed E-state index contributed by atoms with van der Waals surface area (Å²) in [7, 11) is 0. The van der Waals surface area contributed by atoms with E-state index in [0.717, 1.165) is 0 Å². The van der Waals surface area contributed by atoms with Gasteiger partial charge in [0.2, 0.25) is 0 Å². The molecule has 0 spiro atoms. The Bertz CT molecular complexity index is 130. The zero-order valence-corrected chi connectivity index (χ0v) is 7.67. The second kappa shape index (κ2) is 6.28. The summed E-state index contributed by atoms with van der Waals surface area (Å²) < 4.78 is 0. The normalized spacial score (nSPS) is 20.8. The quantitative estimate of drug-likeness (QED) is 0.344. The molecule has 80 valence electrons. The van der Waals surface area contributed by atoms with E-state index in [4.69, 9.17) is 15.3 Å². The van der Waals surface area contributed by atoms with Crippen molar-refractivity contribution >= 4 is 0 Å². The fourth-order valence-corrected chi connectivity index (χ4v) is 1.03. The van der Waals surface area contributed by atoms with E-state index in [2.05, 4.69) is 0 Å². The van der Waals surface area contributed by atoms with Crippen molar-refractivity contribution in [3.8, 4) is 0 Å². The molecule has 5 N–H and O–H groups in total. The molecule has 0 aromatic heterocycles. The van der Waals surface area contributed by atoms with Gasteiger partial charge in [-0.3, -0.25) is 0 Å². The molecular weight excluding hydrogens is 176 g/mol. The van der Waals surface area contributed by atoms with Crippen LogP contribution in [-0.4, -0.2) is 56.6 Å². The lowest BCUT2D eigenvalue weighted by molar-refractivity contribution is -0.116. The van der Waals surface area contributed by atoms with E-state index in [0.29, 0.717) is 12.8 Å². The molecule has 0 saturated carbocycles. The van der Waals surface area contributed by atoms with Gasteiger partial charge in [0.05, 0.1) is 12.7 Å². The summed E-state index contributed by atoms with van der Waals surface area (Å²) in [5, 5.41) is 45.0. The lowest BCUT2D eigenvalue weighted by Crippen LogP contribution is -2.45. The highest BCUT2D eigenvalue weighted by Crippen LogP contribution is 2.09. The number of hydrogen-bond donors (Lipinski definition) is 5. The standard InChI is InChI=1S/C8H18O5/c1-2-3-5(10)7(12)8(13)6(11)4-9/h5-13H,2-4H2,1H3/t5?,6-,7+,8+/m1/s1. The van der Waals surface area contributed by atoms with Gasteiger partial charge in [0.25, 0.3) is 0 Å². The summed E-state index contributed by atoms with van der Waals surface area (Å²) in [6.45, 7) is 1.18. The van der Waals surface area contributed by atoms with E-state index in [9.17, 15) is 10.2 Å². The third kappa shape index (κ3) is 4.02. The minimum absolute atomic E-state index is 0.344. The Morgan fingerprint density at radius 3 is 1.77 bits per heavy atom. The summed E-state index contributed by atoms with van der Waals surface area (Å²) in [5.41, 5.74) is 0. The van der Waals surface area contributed by atoms with Gasteiger partial charge in [-0.15, -0.1) is 0 Å². The monoisotopic (exact) mass is 194 g/mol. The topological polar surface area (TPSA) is 101 Å². The summed E-state index contributed by atoms with van der Waals surface area (Å²) >= 11 is 0. The fraction of sp³-hybridized carbons (Fsp3) is 1.00. The number of rotatable bonds is 6. The molecule has 0 bridgehead atoms. The lowest BCUT2D eigenvalue weighted by atomic mass is 10.0. The Morgan fingerprint density at radius 1 is 0.923 bits per heavy atom. The Labute approximate surface area is 77.3 Å². The smallest absolute Gasteiger partial charge is 0.110 e. The predicted octanol–water partition coefficient (Wildman–Crippen LogP) is -1.78. The van der Waals surface area contributed by atoms with E-state index in [-0.39, 0.29) is 0 Å². The zero-order chi connectivity index (χ0) is 10.4. The van der Waals surface area contributed by atoms with Crippen LogP contribution in [0.2, 0.25) is 0 Å². The van der Waals surface area contributed by atoms with Crippen molar-refractivity contribution in [2.75, 3.05) is 6.61 Å². The van der Waals surface area contributed by atoms with Gasteiger partial charge in [0, 0.05) is 0 Å².